The summed E-state index contributed by atoms with van der Waals surface area (Å²) in [7, 11) is 0. The molecule has 104 valence electrons. The van der Waals surface area contributed by atoms with E-state index in [1.165, 1.54) is 17.5 Å². The summed E-state index contributed by atoms with van der Waals surface area (Å²) in [5.41, 5.74) is 2.72. The van der Waals surface area contributed by atoms with Gasteiger partial charge in [0.2, 0.25) is 0 Å². The summed E-state index contributed by atoms with van der Waals surface area (Å²) in [5.74, 6) is 0.550. The van der Waals surface area contributed by atoms with Crippen LogP contribution < -0.4 is 10.1 Å². The summed E-state index contributed by atoms with van der Waals surface area (Å²) < 4.78 is 5.49. The SMILES string of the molecule is CCC(CO)NC(=O)COc1ccc2c(c1)CCC2. The van der Waals surface area contributed by atoms with Gasteiger partial charge in [0.05, 0.1) is 12.6 Å². The van der Waals surface area contributed by atoms with Gasteiger partial charge in [-0.15, -0.1) is 0 Å². The largest absolute Gasteiger partial charge is 0.484 e. The number of carbonyl (C=O) groups excluding carboxylic acids is 1. The van der Waals surface area contributed by atoms with E-state index in [2.05, 4.69) is 11.4 Å². The standard InChI is InChI=1S/C15H21NO3/c1-2-13(9-17)16-15(18)10-19-14-7-6-11-4-3-5-12(11)8-14/h6-8,13,17H,2-5,9-10H2,1H3,(H,16,18). The van der Waals surface area contributed by atoms with E-state index >= 15 is 0 Å². The molecule has 0 saturated carbocycles. The number of aliphatic hydroxyl groups excluding tert-OH is 1. The lowest BCUT2D eigenvalue weighted by molar-refractivity contribution is -0.124. The van der Waals surface area contributed by atoms with Crippen LogP contribution in [0.1, 0.15) is 30.9 Å². The molecule has 1 aliphatic rings. The summed E-state index contributed by atoms with van der Waals surface area (Å²) >= 11 is 0. The highest BCUT2D eigenvalue weighted by Gasteiger charge is 2.13. The Morgan fingerprint density at radius 1 is 1.42 bits per heavy atom. The molecule has 1 amide bonds. The average molecular weight is 263 g/mol. The van der Waals surface area contributed by atoms with Gasteiger partial charge in [-0.3, -0.25) is 4.79 Å². The quantitative estimate of drug-likeness (QED) is 0.816. The minimum absolute atomic E-state index is 0.00468. The highest BCUT2D eigenvalue weighted by atomic mass is 16.5. The van der Waals surface area contributed by atoms with Crippen molar-refractivity contribution in [2.75, 3.05) is 13.2 Å². The second-order valence-corrected chi connectivity index (χ2v) is 4.93. The zero-order valence-electron chi connectivity index (χ0n) is 11.3. The molecule has 1 aliphatic carbocycles. The lowest BCUT2D eigenvalue weighted by atomic mass is 10.1. The first-order valence-electron chi connectivity index (χ1n) is 6.87. The Kier molecular flexibility index (Phi) is 4.80. The predicted molar refractivity (Wildman–Crippen MR) is 73.3 cm³/mol. The molecule has 19 heavy (non-hydrogen) atoms. The fourth-order valence-corrected chi connectivity index (χ4v) is 2.33. The third-order valence-electron chi connectivity index (χ3n) is 3.52. The second-order valence-electron chi connectivity index (χ2n) is 4.93. The Hall–Kier alpha value is -1.55. The van der Waals surface area contributed by atoms with Crippen LogP contribution in [0.5, 0.6) is 5.75 Å². The molecule has 0 aliphatic heterocycles. The Morgan fingerprint density at radius 3 is 2.95 bits per heavy atom. The zero-order chi connectivity index (χ0) is 13.7. The van der Waals surface area contributed by atoms with Gasteiger partial charge < -0.3 is 15.2 Å². The highest BCUT2D eigenvalue weighted by Crippen LogP contribution is 2.25. The van der Waals surface area contributed by atoms with E-state index in [-0.39, 0.29) is 25.2 Å². The maximum Gasteiger partial charge on any atom is 0.258 e. The zero-order valence-corrected chi connectivity index (χ0v) is 11.3. The summed E-state index contributed by atoms with van der Waals surface area (Å²) in [6.07, 6.45) is 4.15. The van der Waals surface area contributed by atoms with Crippen LogP contribution in [-0.2, 0) is 17.6 Å². The van der Waals surface area contributed by atoms with Crippen molar-refractivity contribution in [1.82, 2.24) is 5.32 Å². The fourth-order valence-electron chi connectivity index (χ4n) is 2.33. The van der Waals surface area contributed by atoms with E-state index in [1.807, 2.05) is 19.1 Å². The number of aryl methyl sites for hydroxylation is 2. The molecule has 2 rings (SSSR count). The topological polar surface area (TPSA) is 58.6 Å². The van der Waals surface area contributed by atoms with Gasteiger partial charge in [0.15, 0.2) is 6.61 Å². The number of rotatable bonds is 6. The van der Waals surface area contributed by atoms with E-state index in [1.54, 1.807) is 0 Å². The average Bonchev–Trinajstić information content (AvgIpc) is 2.89. The fraction of sp³-hybridized carbons (Fsp3) is 0.533. The molecule has 0 radical (unpaired) electrons. The maximum absolute atomic E-state index is 11.6. The summed E-state index contributed by atoms with van der Waals surface area (Å²) in [6.45, 7) is 1.87. The second kappa shape index (κ2) is 6.57. The van der Waals surface area contributed by atoms with Crippen molar-refractivity contribution in [2.24, 2.45) is 0 Å². The number of amides is 1. The van der Waals surface area contributed by atoms with E-state index in [9.17, 15) is 4.79 Å². The van der Waals surface area contributed by atoms with Crippen LogP contribution >= 0.6 is 0 Å². The summed E-state index contributed by atoms with van der Waals surface area (Å²) in [4.78, 5) is 11.6. The Morgan fingerprint density at radius 2 is 2.21 bits per heavy atom. The van der Waals surface area contributed by atoms with Gasteiger partial charge in [0.1, 0.15) is 5.75 Å². The van der Waals surface area contributed by atoms with Crippen LogP contribution in [0.2, 0.25) is 0 Å². The number of hydrogen-bond acceptors (Lipinski definition) is 3. The molecule has 0 saturated heterocycles. The highest BCUT2D eigenvalue weighted by molar-refractivity contribution is 5.77. The predicted octanol–water partition coefficient (Wildman–Crippen LogP) is 1.44. The van der Waals surface area contributed by atoms with Gasteiger partial charge in [0, 0.05) is 0 Å². The first-order valence-corrected chi connectivity index (χ1v) is 6.87. The van der Waals surface area contributed by atoms with Crippen molar-refractivity contribution < 1.29 is 14.6 Å². The van der Waals surface area contributed by atoms with E-state index < -0.39 is 0 Å². The summed E-state index contributed by atoms with van der Waals surface area (Å²) in [5, 5.41) is 11.7. The van der Waals surface area contributed by atoms with Crippen molar-refractivity contribution in [3.63, 3.8) is 0 Å². The molecule has 1 aromatic rings. The van der Waals surface area contributed by atoms with Crippen LogP contribution in [0, 0.1) is 0 Å². The molecule has 0 aromatic heterocycles. The van der Waals surface area contributed by atoms with Crippen molar-refractivity contribution in [1.29, 1.82) is 0 Å². The first-order chi connectivity index (χ1) is 9.22. The van der Waals surface area contributed by atoms with E-state index in [0.29, 0.717) is 6.42 Å². The van der Waals surface area contributed by atoms with Crippen molar-refractivity contribution >= 4 is 5.91 Å². The summed E-state index contributed by atoms with van der Waals surface area (Å²) in [6, 6.07) is 5.84. The molecule has 0 heterocycles. The Balaban J connectivity index is 1.83. The van der Waals surface area contributed by atoms with Gasteiger partial charge in [-0.1, -0.05) is 13.0 Å². The van der Waals surface area contributed by atoms with Crippen molar-refractivity contribution in [3.05, 3.63) is 29.3 Å². The molecule has 2 N–H and O–H groups in total. The van der Waals surface area contributed by atoms with Crippen LogP contribution in [0.4, 0.5) is 0 Å². The van der Waals surface area contributed by atoms with Crippen molar-refractivity contribution in [3.8, 4) is 5.75 Å². The van der Waals surface area contributed by atoms with Gasteiger partial charge in [0.25, 0.3) is 5.91 Å². The number of benzene rings is 1. The minimum atomic E-state index is -0.193. The number of carbonyl (C=O) groups is 1. The number of ether oxygens (including phenoxy) is 1. The molecule has 1 aromatic carbocycles. The first kappa shape index (κ1) is 13.9. The van der Waals surface area contributed by atoms with E-state index in [0.717, 1.165) is 18.6 Å². The molecular weight excluding hydrogens is 242 g/mol. The van der Waals surface area contributed by atoms with Gasteiger partial charge >= 0.3 is 0 Å². The van der Waals surface area contributed by atoms with Gasteiger partial charge in [-0.2, -0.15) is 0 Å². The molecule has 4 heteroatoms. The molecule has 0 bridgehead atoms. The third-order valence-corrected chi connectivity index (χ3v) is 3.52. The number of aliphatic hydroxyl groups is 1. The van der Waals surface area contributed by atoms with Crippen molar-refractivity contribution in [2.45, 2.75) is 38.6 Å². The molecule has 1 unspecified atom stereocenters. The van der Waals surface area contributed by atoms with Crippen LogP contribution in [0.15, 0.2) is 18.2 Å². The lowest BCUT2D eigenvalue weighted by Gasteiger charge is -2.14. The smallest absolute Gasteiger partial charge is 0.258 e. The molecule has 4 nitrogen and oxygen atoms in total. The van der Waals surface area contributed by atoms with Gasteiger partial charge in [-0.25, -0.2) is 0 Å². The van der Waals surface area contributed by atoms with Crippen LogP contribution in [0.25, 0.3) is 0 Å². The third kappa shape index (κ3) is 3.70. The number of hydrogen-bond donors (Lipinski definition) is 2. The molecule has 0 spiro atoms. The lowest BCUT2D eigenvalue weighted by Crippen LogP contribution is -2.39. The maximum atomic E-state index is 11.6. The number of nitrogens with one attached hydrogen (secondary N) is 1. The van der Waals surface area contributed by atoms with Gasteiger partial charge in [-0.05, 0) is 48.9 Å². The van der Waals surface area contributed by atoms with E-state index in [4.69, 9.17) is 9.84 Å². The Labute approximate surface area is 113 Å². The number of fused-ring (bicyclic) bond motifs is 1. The van der Waals surface area contributed by atoms with Crippen LogP contribution in [-0.4, -0.2) is 30.3 Å². The minimum Gasteiger partial charge on any atom is -0.484 e. The monoisotopic (exact) mass is 263 g/mol. The molecular formula is C15H21NO3. The molecule has 1 atom stereocenters. The Bertz CT molecular complexity index is 441. The van der Waals surface area contributed by atoms with Crippen LogP contribution in [0.3, 0.4) is 0 Å². The normalized spacial score (nSPS) is 14.8. The molecule has 0 fully saturated rings.